The Kier molecular flexibility index (Phi) is 4.74. The molecule has 1 rings (SSSR count). The molecule has 1 unspecified atom stereocenters. The van der Waals surface area contributed by atoms with Crippen LogP contribution < -0.4 is 0 Å². The highest BCUT2D eigenvalue weighted by molar-refractivity contribution is 5.69. The summed E-state index contributed by atoms with van der Waals surface area (Å²) in [6.07, 6.45) is 0.110. The molecule has 0 aliphatic carbocycles. The van der Waals surface area contributed by atoms with Crippen molar-refractivity contribution in [3.8, 4) is 0 Å². The van der Waals surface area contributed by atoms with Gasteiger partial charge in [0.1, 0.15) is 11.8 Å². The number of rotatable bonds is 3. The summed E-state index contributed by atoms with van der Waals surface area (Å²) in [6, 6.07) is -0.146. The summed E-state index contributed by atoms with van der Waals surface area (Å²) < 4.78 is 18.6. The maximum absolute atomic E-state index is 13.3. The fourth-order valence-corrected chi connectivity index (χ4v) is 2.00. The van der Waals surface area contributed by atoms with E-state index in [1.54, 1.807) is 20.8 Å². The van der Waals surface area contributed by atoms with Crippen LogP contribution in [0.25, 0.3) is 0 Å². The first-order chi connectivity index (χ1) is 7.83. The smallest absolute Gasteiger partial charge is 0.410 e. The van der Waals surface area contributed by atoms with Crippen LogP contribution >= 0.6 is 0 Å². The van der Waals surface area contributed by atoms with Crippen molar-refractivity contribution in [1.82, 2.24) is 4.90 Å². The van der Waals surface area contributed by atoms with Gasteiger partial charge in [0.2, 0.25) is 0 Å². The molecule has 100 valence electrons. The van der Waals surface area contributed by atoms with Gasteiger partial charge in [0, 0.05) is 19.1 Å². The van der Waals surface area contributed by atoms with Crippen LogP contribution in [-0.4, -0.2) is 47.1 Å². The molecule has 1 aliphatic heterocycles. The molecule has 0 aromatic heterocycles. The summed E-state index contributed by atoms with van der Waals surface area (Å²) in [5.41, 5.74) is -0.562. The predicted molar refractivity (Wildman–Crippen MR) is 62.6 cm³/mol. The fourth-order valence-electron chi connectivity index (χ4n) is 2.00. The molecule has 5 heteroatoms. The van der Waals surface area contributed by atoms with E-state index in [0.29, 0.717) is 19.3 Å². The second-order valence-electron chi connectivity index (χ2n) is 5.49. The van der Waals surface area contributed by atoms with Crippen LogP contribution in [0, 0.1) is 0 Å². The number of aliphatic hydroxyl groups is 1. The van der Waals surface area contributed by atoms with E-state index in [0.717, 1.165) is 0 Å². The van der Waals surface area contributed by atoms with Crippen LogP contribution in [0.15, 0.2) is 0 Å². The number of nitrogens with zero attached hydrogens (tertiary/aromatic N) is 1. The van der Waals surface area contributed by atoms with Gasteiger partial charge in [0.25, 0.3) is 0 Å². The molecule has 0 saturated carbocycles. The second-order valence-corrected chi connectivity index (χ2v) is 5.49. The Morgan fingerprint density at radius 1 is 1.53 bits per heavy atom. The van der Waals surface area contributed by atoms with Crippen molar-refractivity contribution in [3.63, 3.8) is 0 Å². The second kappa shape index (κ2) is 5.67. The number of alkyl halides is 1. The zero-order chi connectivity index (χ0) is 13.1. The Morgan fingerprint density at radius 2 is 2.18 bits per heavy atom. The maximum atomic E-state index is 13.3. The highest BCUT2D eigenvalue weighted by atomic mass is 19.1. The number of carbonyl (C=O) groups is 1. The highest BCUT2D eigenvalue weighted by Crippen LogP contribution is 2.25. The molecule has 0 aromatic rings. The largest absolute Gasteiger partial charge is 0.444 e. The molecule has 1 aliphatic rings. The van der Waals surface area contributed by atoms with Gasteiger partial charge in [-0.1, -0.05) is 0 Å². The molecular weight excluding hydrogens is 225 g/mol. The van der Waals surface area contributed by atoms with Crippen molar-refractivity contribution < 1.29 is 19.0 Å². The normalized spacial score (nSPS) is 25.1. The van der Waals surface area contributed by atoms with Crippen LogP contribution in [0.3, 0.4) is 0 Å². The fraction of sp³-hybridized carbons (Fsp3) is 0.917. The van der Waals surface area contributed by atoms with Gasteiger partial charge in [-0.05, 0) is 33.6 Å². The zero-order valence-corrected chi connectivity index (χ0v) is 10.8. The van der Waals surface area contributed by atoms with Crippen molar-refractivity contribution >= 4 is 6.09 Å². The number of aliphatic hydroxyl groups excluding tert-OH is 1. The van der Waals surface area contributed by atoms with Crippen molar-refractivity contribution in [2.24, 2.45) is 0 Å². The van der Waals surface area contributed by atoms with Gasteiger partial charge >= 0.3 is 6.09 Å². The Balaban J connectivity index is 2.57. The molecule has 4 nitrogen and oxygen atoms in total. The molecule has 1 N–H and O–H groups in total. The van der Waals surface area contributed by atoms with E-state index < -0.39 is 17.9 Å². The average molecular weight is 247 g/mol. The summed E-state index contributed by atoms with van der Waals surface area (Å²) in [4.78, 5) is 13.3. The van der Waals surface area contributed by atoms with Gasteiger partial charge in [-0.3, -0.25) is 0 Å². The van der Waals surface area contributed by atoms with Crippen molar-refractivity contribution in [3.05, 3.63) is 0 Å². The lowest BCUT2D eigenvalue weighted by Crippen LogP contribution is -2.40. The monoisotopic (exact) mass is 247 g/mol. The van der Waals surface area contributed by atoms with E-state index in [-0.39, 0.29) is 19.2 Å². The van der Waals surface area contributed by atoms with Crippen molar-refractivity contribution in [2.75, 3.05) is 13.2 Å². The van der Waals surface area contributed by atoms with E-state index in [1.165, 1.54) is 4.90 Å². The standard InChI is InChI=1S/C12H22FNO3/c1-12(2,3)17-11(16)14-8-9(13)7-10(14)5-4-6-15/h9-10,15H,4-8H2,1-3H3/t9-,10?/m1/s1. The van der Waals surface area contributed by atoms with Crippen LogP contribution in [0.1, 0.15) is 40.0 Å². The lowest BCUT2D eigenvalue weighted by Gasteiger charge is -2.28. The lowest BCUT2D eigenvalue weighted by atomic mass is 10.1. The van der Waals surface area contributed by atoms with Crippen LogP contribution in [0.4, 0.5) is 9.18 Å². The average Bonchev–Trinajstić information content (AvgIpc) is 2.54. The van der Waals surface area contributed by atoms with Crippen molar-refractivity contribution in [1.29, 1.82) is 0 Å². The minimum absolute atomic E-state index is 0.0651. The SMILES string of the molecule is CC(C)(C)OC(=O)N1C[C@H](F)CC1CCCO. The van der Waals surface area contributed by atoms with Gasteiger partial charge in [0.15, 0.2) is 0 Å². The molecule has 0 aromatic carbocycles. The topological polar surface area (TPSA) is 49.8 Å². The maximum Gasteiger partial charge on any atom is 0.410 e. The summed E-state index contributed by atoms with van der Waals surface area (Å²) in [7, 11) is 0. The van der Waals surface area contributed by atoms with Crippen LogP contribution in [0.5, 0.6) is 0 Å². The van der Waals surface area contributed by atoms with E-state index in [9.17, 15) is 9.18 Å². The number of hydrogen-bond donors (Lipinski definition) is 1. The number of likely N-dealkylation sites (tertiary alicyclic amines) is 1. The van der Waals surface area contributed by atoms with Gasteiger partial charge in [-0.25, -0.2) is 9.18 Å². The zero-order valence-electron chi connectivity index (χ0n) is 10.8. The summed E-state index contributed by atoms with van der Waals surface area (Å²) >= 11 is 0. The Morgan fingerprint density at radius 3 is 2.71 bits per heavy atom. The first-order valence-electron chi connectivity index (χ1n) is 6.08. The molecule has 1 amide bonds. The van der Waals surface area contributed by atoms with E-state index in [1.807, 2.05) is 0 Å². The first-order valence-corrected chi connectivity index (χ1v) is 6.08. The Labute approximate surface area is 102 Å². The lowest BCUT2D eigenvalue weighted by molar-refractivity contribution is 0.0208. The van der Waals surface area contributed by atoms with Crippen LogP contribution in [0.2, 0.25) is 0 Å². The number of amides is 1. The minimum atomic E-state index is -0.980. The quantitative estimate of drug-likeness (QED) is 0.831. The molecule has 1 heterocycles. The minimum Gasteiger partial charge on any atom is -0.444 e. The highest BCUT2D eigenvalue weighted by Gasteiger charge is 2.37. The molecule has 0 radical (unpaired) electrons. The summed E-state index contributed by atoms with van der Waals surface area (Å²) in [6.45, 7) is 5.53. The molecule has 17 heavy (non-hydrogen) atoms. The third-order valence-electron chi connectivity index (χ3n) is 2.69. The Hall–Kier alpha value is -0.840. The number of halogens is 1. The Bertz CT molecular complexity index is 265. The third kappa shape index (κ3) is 4.50. The molecule has 1 fully saturated rings. The molecule has 0 spiro atoms. The number of ether oxygens (including phenoxy) is 1. The first kappa shape index (κ1) is 14.2. The van der Waals surface area contributed by atoms with E-state index in [2.05, 4.69) is 0 Å². The third-order valence-corrected chi connectivity index (χ3v) is 2.69. The number of carbonyl (C=O) groups excluding carboxylic acids is 1. The molecular formula is C12H22FNO3. The molecule has 0 bridgehead atoms. The predicted octanol–water partition coefficient (Wildman–Crippen LogP) is 2.11. The van der Waals surface area contributed by atoms with E-state index >= 15 is 0 Å². The van der Waals surface area contributed by atoms with Gasteiger partial charge in [-0.2, -0.15) is 0 Å². The number of hydrogen-bond acceptors (Lipinski definition) is 3. The summed E-state index contributed by atoms with van der Waals surface area (Å²) in [5, 5.41) is 8.78. The molecule has 1 saturated heterocycles. The van der Waals surface area contributed by atoms with Gasteiger partial charge in [-0.15, -0.1) is 0 Å². The van der Waals surface area contributed by atoms with E-state index in [4.69, 9.17) is 9.84 Å². The van der Waals surface area contributed by atoms with Crippen molar-refractivity contribution in [2.45, 2.75) is 57.8 Å². The summed E-state index contributed by atoms with van der Waals surface area (Å²) in [5.74, 6) is 0. The van der Waals surface area contributed by atoms with Gasteiger partial charge < -0.3 is 14.7 Å². The molecule has 2 atom stereocenters. The van der Waals surface area contributed by atoms with Crippen LogP contribution in [-0.2, 0) is 4.74 Å². The van der Waals surface area contributed by atoms with Gasteiger partial charge in [0.05, 0.1) is 6.54 Å².